The summed E-state index contributed by atoms with van der Waals surface area (Å²) >= 11 is 0. The van der Waals surface area contributed by atoms with Crippen molar-refractivity contribution in [1.29, 1.82) is 0 Å². The summed E-state index contributed by atoms with van der Waals surface area (Å²) in [5.74, 6) is -1.07. The first-order valence-corrected chi connectivity index (χ1v) is 8.91. The summed E-state index contributed by atoms with van der Waals surface area (Å²) in [5, 5.41) is 0. The number of carbonyl (C=O) groups is 2. The fourth-order valence-electron chi connectivity index (χ4n) is 3.57. The van der Waals surface area contributed by atoms with Crippen molar-refractivity contribution in [3.63, 3.8) is 0 Å². The van der Waals surface area contributed by atoms with Gasteiger partial charge in [-0.2, -0.15) is 0 Å². The van der Waals surface area contributed by atoms with Gasteiger partial charge in [0.15, 0.2) is 5.79 Å². The van der Waals surface area contributed by atoms with E-state index in [0.29, 0.717) is 37.3 Å². The fraction of sp³-hybridized carbons (Fsp3) is 0.333. The van der Waals surface area contributed by atoms with E-state index in [1.165, 1.54) is 4.90 Å². The predicted molar refractivity (Wildman–Crippen MR) is 95.8 cm³/mol. The molecule has 4 rings (SSSR count). The van der Waals surface area contributed by atoms with Crippen LogP contribution in [0.3, 0.4) is 0 Å². The Morgan fingerprint density at radius 3 is 2.27 bits per heavy atom. The van der Waals surface area contributed by atoms with Crippen LogP contribution in [0.1, 0.15) is 45.2 Å². The zero-order valence-electron chi connectivity index (χ0n) is 14.7. The molecule has 2 aliphatic rings. The molecule has 0 unspecified atom stereocenters. The number of ether oxygens (including phenoxy) is 2. The molecule has 0 atom stereocenters. The van der Waals surface area contributed by atoms with Crippen molar-refractivity contribution >= 4 is 11.8 Å². The highest BCUT2D eigenvalue weighted by atomic mass is 16.7. The van der Waals surface area contributed by atoms with E-state index in [2.05, 4.69) is 6.07 Å². The zero-order chi connectivity index (χ0) is 18.1. The molecule has 5 nitrogen and oxygen atoms in total. The monoisotopic (exact) mass is 351 g/mol. The Morgan fingerprint density at radius 1 is 0.962 bits per heavy atom. The smallest absolute Gasteiger partial charge is 0.261 e. The summed E-state index contributed by atoms with van der Waals surface area (Å²) in [5.41, 5.74) is 3.14. The van der Waals surface area contributed by atoms with Crippen molar-refractivity contribution in [2.75, 3.05) is 19.8 Å². The highest BCUT2D eigenvalue weighted by Gasteiger charge is 2.35. The second kappa shape index (κ2) is 6.67. The Hall–Kier alpha value is -2.50. The third-order valence-corrected chi connectivity index (χ3v) is 5.02. The molecule has 1 fully saturated rings. The normalized spacial score (nSPS) is 18.4. The Kier molecular flexibility index (Phi) is 4.34. The molecule has 0 aliphatic carbocycles. The summed E-state index contributed by atoms with van der Waals surface area (Å²) in [4.78, 5) is 26.1. The van der Waals surface area contributed by atoms with Gasteiger partial charge in [0, 0.05) is 12.1 Å². The number of aryl methyl sites for hydroxylation is 1. The van der Waals surface area contributed by atoms with Crippen molar-refractivity contribution in [3.8, 4) is 0 Å². The van der Waals surface area contributed by atoms with Crippen molar-refractivity contribution in [2.24, 2.45) is 0 Å². The lowest BCUT2D eigenvalue weighted by Crippen LogP contribution is -2.31. The number of carbonyl (C=O) groups excluding carboxylic acids is 2. The molecule has 5 heteroatoms. The van der Waals surface area contributed by atoms with Crippen molar-refractivity contribution in [2.45, 2.75) is 25.6 Å². The van der Waals surface area contributed by atoms with Crippen LogP contribution < -0.4 is 0 Å². The van der Waals surface area contributed by atoms with E-state index in [4.69, 9.17) is 9.47 Å². The molecule has 0 saturated carbocycles. The lowest BCUT2D eigenvalue weighted by molar-refractivity contribution is -0.149. The molecule has 0 radical (unpaired) electrons. The lowest BCUT2D eigenvalue weighted by atomic mass is 10.0. The Bertz CT molecular complexity index is 820. The summed E-state index contributed by atoms with van der Waals surface area (Å²) < 4.78 is 11.4. The zero-order valence-corrected chi connectivity index (χ0v) is 14.7. The third-order valence-electron chi connectivity index (χ3n) is 5.02. The van der Waals surface area contributed by atoms with Crippen LogP contribution in [0.5, 0.6) is 0 Å². The Morgan fingerprint density at radius 2 is 1.62 bits per heavy atom. The minimum absolute atomic E-state index is 0.195. The van der Waals surface area contributed by atoms with E-state index >= 15 is 0 Å². The second-order valence-corrected chi connectivity index (χ2v) is 6.75. The topological polar surface area (TPSA) is 55.8 Å². The number of rotatable bonds is 5. The molecule has 1 saturated heterocycles. The average Bonchev–Trinajstić information content (AvgIpc) is 3.21. The number of benzene rings is 2. The number of nitrogens with zero attached hydrogens (tertiary/aromatic N) is 1. The van der Waals surface area contributed by atoms with Gasteiger partial charge < -0.3 is 9.47 Å². The van der Waals surface area contributed by atoms with E-state index in [0.717, 1.165) is 17.5 Å². The van der Waals surface area contributed by atoms with E-state index in [1.807, 2.05) is 25.1 Å². The van der Waals surface area contributed by atoms with Crippen LogP contribution in [-0.2, 0) is 21.7 Å². The van der Waals surface area contributed by atoms with Gasteiger partial charge >= 0.3 is 0 Å². The first-order chi connectivity index (χ1) is 12.6. The number of fused-ring (bicyclic) bond motifs is 1. The van der Waals surface area contributed by atoms with Crippen LogP contribution >= 0.6 is 0 Å². The second-order valence-electron chi connectivity index (χ2n) is 6.75. The molecule has 2 aromatic rings. The molecule has 2 amide bonds. The van der Waals surface area contributed by atoms with Crippen LogP contribution in [0.15, 0.2) is 48.5 Å². The van der Waals surface area contributed by atoms with Crippen molar-refractivity contribution in [3.05, 3.63) is 70.8 Å². The van der Waals surface area contributed by atoms with Gasteiger partial charge in [-0.25, -0.2) is 0 Å². The molecule has 134 valence electrons. The quantitative estimate of drug-likeness (QED) is 0.777. The van der Waals surface area contributed by atoms with Crippen LogP contribution in [0, 0.1) is 0 Å². The Labute approximate surface area is 152 Å². The van der Waals surface area contributed by atoms with E-state index in [1.54, 1.807) is 24.3 Å². The molecule has 0 N–H and O–H groups in total. The average molecular weight is 351 g/mol. The van der Waals surface area contributed by atoms with Gasteiger partial charge in [0.25, 0.3) is 11.8 Å². The number of amides is 2. The lowest BCUT2D eigenvalue weighted by Gasteiger charge is -2.23. The molecular weight excluding hydrogens is 330 g/mol. The highest BCUT2D eigenvalue weighted by molar-refractivity contribution is 6.21. The van der Waals surface area contributed by atoms with Gasteiger partial charge in [0.2, 0.25) is 0 Å². The molecule has 2 aliphatic heterocycles. The van der Waals surface area contributed by atoms with Crippen LogP contribution in [-0.4, -0.2) is 36.5 Å². The predicted octanol–water partition coefficient (Wildman–Crippen LogP) is 3.13. The first kappa shape index (κ1) is 16.9. The summed E-state index contributed by atoms with van der Waals surface area (Å²) in [6.45, 7) is 3.54. The van der Waals surface area contributed by atoms with E-state index < -0.39 is 5.79 Å². The maximum atomic E-state index is 12.4. The Balaban J connectivity index is 1.40. The van der Waals surface area contributed by atoms with Crippen molar-refractivity contribution < 1.29 is 19.1 Å². The van der Waals surface area contributed by atoms with Crippen LogP contribution in [0.25, 0.3) is 0 Å². The fourth-order valence-corrected chi connectivity index (χ4v) is 3.57. The third kappa shape index (κ3) is 2.93. The maximum Gasteiger partial charge on any atom is 0.261 e. The van der Waals surface area contributed by atoms with E-state index in [9.17, 15) is 9.59 Å². The summed E-state index contributed by atoms with van der Waals surface area (Å²) in [7, 11) is 0. The van der Waals surface area contributed by atoms with Gasteiger partial charge in [0.05, 0.1) is 24.3 Å². The van der Waals surface area contributed by atoms with Gasteiger partial charge in [-0.05, 0) is 37.5 Å². The summed E-state index contributed by atoms with van der Waals surface area (Å²) in [6, 6.07) is 15.1. The number of imide groups is 1. The minimum Gasteiger partial charge on any atom is -0.344 e. The molecule has 0 spiro atoms. The number of hydrogen-bond donors (Lipinski definition) is 0. The number of hydrogen-bond acceptors (Lipinski definition) is 4. The SMILES string of the molecule is CC1(c2cccc(CCCN3C(=O)c4ccccc4C3=O)c2)OCCO1. The summed E-state index contributed by atoms with van der Waals surface area (Å²) in [6.07, 6.45) is 1.49. The van der Waals surface area contributed by atoms with Crippen LogP contribution in [0.2, 0.25) is 0 Å². The minimum atomic E-state index is -0.682. The molecule has 26 heavy (non-hydrogen) atoms. The molecule has 0 aromatic heterocycles. The molecular formula is C21H21NO4. The largest absolute Gasteiger partial charge is 0.344 e. The van der Waals surface area contributed by atoms with E-state index in [-0.39, 0.29) is 11.8 Å². The van der Waals surface area contributed by atoms with Gasteiger partial charge in [0.1, 0.15) is 0 Å². The standard InChI is InChI=1S/C21H21NO4/c1-21(25-12-13-26-21)16-8-4-6-15(14-16)7-5-11-22-19(23)17-9-2-3-10-18(17)20(22)24/h2-4,6,8-10,14H,5,7,11-13H2,1H3. The highest BCUT2D eigenvalue weighted by Crippen LogP contribution is 2.31. The first-order valence-electron chi connectivity index (χ1n) is 8.91. The van der Waals surface area contributed by atoms with Gasteiger partial charge in [-0.1, -0.05) is 36.4 Å². The molecule has 2 aromatic carbocycles. The van der Waals surface area contributed by atoms with Crippen LogP contribution in [0.4, 0.5) is 0 Å². The molecule has 2 heterocycles. The van der Waals surface area contributed by atoms with Crippen molar-refractivity contribution in [1.82, 2.24) is 4.90 Å². The molecule has 0 bridgehead atoms. The maximum absolute atomic E-state index is 12.4. The van der Waals surface area contributed by atoms with Gasteiger partial charge in [-0.15, -0.1) is 0 Å². The van der Waals surface area contributed by atoms with Gasteiger partial charge in [-0.3, -0.25) is 14.5 Å².